The van der Waals surface area contributed by atoms with Crippen LogP contribution in [0.15, 0.2) is 27.4 Å². The molecule has 2 fully saturated rings. The van der Waals surface area contributed by atoms with E-state index in [-0.39, 0.29) is 24.4 Å². The second kappa shape index (κ2) is 6.61. The lowest BCUT2D eigenvalue weighted by molar-refractivity contribution is -0.117. The average molecular weight is 352 g/mol. The standard InChI is InChI=1S/C17H21N3O3.ClH/c1-20-14-7-6-11(9-15(14)23-17(20)22)18-16(21)13-8-10-4-2-3-5-12(10)19-13;/h6-7,9-10,12-13,19H,2-5,8H2,1H3,(H,18,21);1H. The molecule has 1 saturated carbocycles. The first-order chi connectivity index (χ1) is 11.1. The van der Waals surface area contributed by atoms with Crippen LogP contribution >= 0.6 is 12.4 Å². The van der Waals surface area contributed by atoms with Crippen molar-refractivity contribution < 1.29 is 9.21 Å². The third-order valence-electron chi connectivity index (χ3n) is 5.24. The molecule has 2 aromatic rings. The van der Waals surface area contributed by atoms with E-state index < -0.39 is 5.76 Å². The Labute approximate surface area is 146 Å². The zero-order chi connectivity index (χ0) is 16.0. The Morgan fingerprint density at radius 2 is 2.12 bits per heavy atom. The first-order valence-electron chi connectivity index (χ1n) is 8.28. The van der Waals surface area contributed by atoms with Crippen LogP contribution < -0.4 is 16.4 Å². The van der Waals surface area contributed by atoms with Crippen LogP contribution in [0.3, 0.4) is 0 Å². The molecule has 2 heterocycles. The topological polar surface area (TPSA) is 76.3 Å². The van der Waals surface area contributed by atoms with Crippen molar-refractivity contribution in [3.63, 3.8) is 0 Å². The third kappa shape index (κ3) is 2.96. The molecule has 3 unspecified atom stereocenters. The second-order valence-corrected chi connectivity index (χ2v) is 6.70. The Bertz CT molecular complexity index is 799. The minimum absolute atomic E-state index is 0. The van der Waals surface area contributed by atoms with E-state index in [1.54, 1.807) is 25.2 Å². The highest BCUT2D eigenvalue weighted by Gasteiger charge is 2.38. The molecule has 0 radical (unpaired) electrons. The van der Waals surface area contributed by atoms with Crippen molar-refractivity contribution in [2.75, 3.05) is 5.32 Å². The molecule has 24 heavy (non-hydrogen) atoms. The molecular weight excluding hydrogens is 330 g/mol. The molecular formula is C17H22ClN3O3. The van der Waals surface area contributed by atoms with E-state index in [2.05, 4.69) is 10.6 Å². The lowest BCUT2D eigenvalue weighted by Crippen LogP contribution is -2.39. The number of carbonyl (C=O) groups excluding carboxylic acids is 1. The van der Waals surface area contributed by atoms with Crippen LogP contribution in [0.25, 0.3) is 11.1 Å². The molecule has 1 aliphatic carbocycles. The minimum Gasteiger partial charge on any atom is -0.408 e. The van der Waals surface area contributed by atoms with E-state index in [0.717, 1.165) is 11.9 Å². The molecule has 2 N–H and O–H groups in total. The number of aryl methyl sites for hydroxylation is 1. The molecule has 1 amide bonds. The summed E-state index contributed by atoms with van der Waals surface area (Å²) in [6.45, 7) is 0. The summed E-state index contributed by atoms with van der Waals surface area (Å²) < 4.78 is 6.61. The summed E-state index contributed by atoms with van der Waals surface area (Å²) in [4.78, 5) is 24.0. The highest BCUT2D eigenvalue weighted by molar-refractivity contribution is 5.96. The number of anilines is 1. The van der Waals surface area contributed by atoms with Crippen molar-refractivity contribution in [2.24, 2.45) is 13.0 Å². The quantitative estimate of drug-likeness (QED) is 0.871. The molecule has 1 aromatic heterocycles. The summed E-state index contributed by atoms with van der Waals surface area (Å²) >= 11 is 0. The predicted molar refractivity (Wildman–Crippen MR) is 94.6 cm³/mol. The second-order valence-electron chi connectivity index (χ2n) is 6.70. The number of carbonyl (C=O) groups is 1. The van der Waals surface area contributed by atoms with E-state index >= 15 is 0 Å². The fourth-order valence-electron chi connectivity index (χ4n) is 3.96. The number of nitrogens with zero attached hydrogens (tertiary/aromatic N) is 1. The van der Waals surface area contributed by atoms with Crippen molar-refractivity contribution in [2.45, 2.75) is 44.2 Å². The van der Waals surface area contributed by atoms with Crippen LogP contribution in [0.1, 0.15) is 32.1 Å². The lowest BCUT2D eigenvalue weighted by atomic mass is 9.85. The molecule has 1 aromatic carbocycles. The molecule has 2 aliphatic rings. The van der Waals surface area contributed by atoms with Crippen molar-refractivity contribution >= 4 is 35.1 Å². The van der Waals surface area contributed by atoms with Gasteiger partial charge in [0, 0.05) is 24.8 Å². The van der Waals surface area contributed by atoms with Crippen molar-refractivity contribution in [3.8, 4) is 0 Å². The summed E-state index contributed by atoms with van der Waals surface area (Å²) in [5, 5.41) is 6.42. The van der Waals surface area contributed by atoms with Gasteiger partial charge in [-0.15, -0.1) is 12.4 Å². The van der Waals surface area contributed by atoms with E-state index in [4.69, 9.17) is 4.42 Å². The molecule has 6 nitrogen and oxygen atoms in total. The monoisotopic (exact) mass is 351 g/mol. The fraction of sp³-hybridized carbons (Fsp3) is 0.529. The van der Waals surface area contributed by atoms with Gasteiger partial charge in [-0.05, 0) is 37.3 Å². The van der Waals surface area contributed by atoms with Gasteiger partial charge in [-0.25, -0.2) is 4.79 Å². The Hall–Kier alpha value is -1.79. The van der Waals surface area contributed by atoms with Crippen molar-refractivity contribution in [1.29, 1.82) is 0 Å². The number of rotatable bonds is 2. The van der Waals surface area contributed by atoms with Crippen molar-refractivity contribution in [3.05, 3.63) is 28.7 Å². The minimum atomic E-state index is -0.398. The van der Waals surface area contributed by atoms with Gasteiger partial charge >= 0.3 is 5.76 Å². The SMILES string of the molecule is Cl.Cn1c(=O)oc2cc(NC(=O)C3CC4CCCCC4N3)ccc21. The molecule has 130 valence electrons. The number of hydrogen-bond donors (Lipinski definition) is 2. The zero-order valence-corrected chi connectivity index (χ0v) is 14.4. The number of nitrogens with one attached hydrogen (secondary N) is 2. The smallest absolute Gasteiger partial charge is 0.408 e. The fourth-order valence-corrected chi connectivity index (χ4v) is 3.96. The zero-order valence-electron chi connectivity index (χ0n) is 13.6. The molecule has 7 heteroatoms. The summed E-state index contributed by atoms with van der Waals surface area (Å²) in [6, 6.07) is 5.67. The molecule has 3 atom stereocenters. The lowest BCUT2D eigenvalue weighted by Gasteiger charge is -2.24. The first kappa shape index (κ1) is 17.0. The number of halogens is 1. The number of fused-ring (bicyclic) bond motifs is 2. The maximum Gasteiger partial charge on any atom is 0.419 e. The number of oxazole rings is 1. The van der Waals surface area contributed by atoms with Gasteiger partial charge in [0.05, 0.1) is 11.6 Å². The van der Waals surface area contributed by atoms with Crippen LogP contribution in [-0.2, 0) is 11.8 Å². The Kier molecular flexibility index (Phi) is 4.69. The van der Waals surface area contributed by atoms with Gasteiger partial charge in [0.2, 0.25) is 5.91 Å². The largest absolute Gasteiger partial charge is 0.419 e. The van der Waals surface area contributed by atoms with E-state index in [0.29, 0.717) is 23.2 Å². The maximum absolute atomic E-state index is 12.5. The highest BCUT2D eigenvalue weighted by atomic mass is 35.5. The Morgan fingerprint density at radius 3 is 2.92 bits per heavy atom. The van der Waals surface area contributed by atoms with Crippen LogP contribution in [-0.4, -0.2) is 22.6 Å². The number of benzene rings is 1. The summed E-state index contributed by atoms with van der Waals surface area (Å²) in [6.07, 6.45) is 5.85. The number of aromatic nitrogens is 1. The highest BCUT2D eigenvalue weighted by Crippen LogP contribution is 2.33. The normalized spacial score (nSPS) is 26.0. The molecule has 4 rings (SSSR count). The van der Waals surface area contributed by atoms with E-state index in [1.807, 2.05) is 0 Å². The summed E-state index contributed by atoms with van der Waals surface area (Å²) in [7, 11) is 1.66. The first-order valence-corrected chi connectivity index (χ1v) is 8.28. The van der Waals surface area contributed by atoms with Crippen LogP contribution in [0.5, 0.6) is 0 Å². The molecule has 1 aliphatic heterocycles. The van der Waals surface area contributed by atoms with Gasteiger partial charge in [-0.3, -0.25) is 9.36 Å². The van der Waals surface area contributed by atoms with Crippen LogP contribution in [0.4, 0.5) is 5.69 Å². The van der Waals surface area contributed by atoms with Gasteiger partial charge in [-0.2, -0.15) is 0 Å². The van der Waals surface area contributed by atoms with Crippen LogP contribution in [0, 0.1) is 5.92 Å². The third-order valence-corrected chi connectivity index (χ3v) is 5.24. The van der Waals surface area contributed by atoms with Gasteiger partial charge in [-0.1, -0.05) is 12.8 Å². The van der Waals surface area contributed by atoms with E-state index in [9.17, 15) is 9.59 Å². The molecule has 0 bridgehead atoms. The Balaban J connectivity index is 0.00000169. The van der Waals surface area contributed by atoms with Crippen LogP contribution in [0.2, 0.25) is 0 Å². The van der Waals surface area contributed by atoms with E-state index in [1.165, 1.54) is 30.3 Å². The van der Waals surface area contributed by atoms with Gasteiger partial charge in [0.1, 0.15) is 0 Å². The van der Waals surface area contributed by atoms with Gasteiger partial charge in [0.15, 0.2) is 5.58 Å². The van der Waals surface area contributed by atoms with Gasteiger partial charge < -0.3 is 15.1 Å². The van der Waals surface area contributed by atoms with Crippen molar-refractivity contribution in [1.82, 2.24) is 9.88 Å². The van der Waals surface area contributed by atoms with Gasteiger partial charge in [0.25, 0.3) is 0 Å². The average Bonchev–Trinajstić information content (AvgIpc) is 3.09. The molecule has 0 spiro atoms. The number of hydrogen-bond acceptors (Lipinski definition) is 4. The predicted octanol–water partition coefficient (Wildman–Crippen LogP) is 2.41. The Morgan fingerprint density at radius 1 is 1.33 bits per heavy atom. The summed E-state index contributed by atoms with van der Waals surface area (Å²) in [5.41, 5.74) is 1.87. The summed E-state index contributed by atoms with van der Waals surface area (Å²) in [5.74, 6) is 0.233. The number of amides is 1. The maximum atomic E-state index is 12.5. The molecule has 1 saturated heterocycles.